The van der Waals surface area contributed by atoms with Crippen LogP contribution in [0.1, 0.15) is 11.5 Å². The number of benzene rings is 1. The Hall–Kier alpha value is -0.680. The van der Waals surface area contributed by atoms with E-state index in [0.717, 1.165) is 16.3 Å². The third-order valence-electron chi connectivity index (χ3n) is 2.91. The first kappa shape index (κ1) is 11.8. The number of hydrogen-bond acceptors (Lipinski definition) is 3. The lowest BCUT2D eigenvalue weighted by atomic mass is 10.1. The van der Waals surface area contributed by atoms with Crippen molar-refractivity contribution < 1.29 is 13.2 Å². The fourth-order valence-corrected chi connectivity index (χ4v) is 3.97. The van der Waals surface area contributed by atoms with E-state index in [1.165, 1.54) is 6.26 Å². The number of aldehydes is 1. The van der Waals surface area contributed by atoms with Gasteiger partial charge in [-0.3, -0.25) is 0 Å². The molecule has 0 radical (unpaired) electrons. The molecule has 3 atom stereocenters. The Kier molecular flexibility index (Phi) is 2.92. The topological polar surface area (TPSA) is 51.2 Å². The van der Waals surface area contributed by atoms with Gasteiger partial charge in [-0.1, -0.05) is 28.1 Å². The highest BCUT2D eigenvalue weighted by molar-refractivity contribution is 9.10. The van der Waals surface area contributed by atoms with Crippen LogP contribution in [-0.2, 0) is 14.6 Å². The number of carbonyl (C=O) groups is 1. The van der Waals surface area contributed by atoms with Crippen LogP contribution in [0.25, 0.3) is 0 Å². The standard InChI is InChI=1S/C11H11BrO3S/c1-16(14,15)11-9(6-13)10(11)7-2-4-8(12)5-3-7/h2-6,9-11H,1H3/t9-,10+,11-/m1/s1. The molecule has 0 amide bonds. The monoisotopic (exact) mass is 302 g/mol. The zero-order valence-electron chi connectivity index (χ0n) is 8.63. The van der Waals surface area contributed by atoms with Gasteiger partial charge in [0.1, 0.15) is 6.29 Å². The van der Waals surface area contributed by atoms with Crippen molar-refractivity contribution in [1.29, 1.82) is 0 Å². The third kappa shape index (κ3) is 2.06. The highest BCUT2D eigenvalue weighted by Gasteiger charge is 2.57. The van der Waals surface area contributed by atoms with Gasteiger partial charge in [-0.05, 0) is 17.7 Å². The summed E-state index contributed by atoms with van der Waals surface area (Å²) in [6.45, 7) is 0. The summed E-state index contributed by atoms with van der Waals surface area (Å²) >= 11 is 3.31. The molecule has 1 aliphatic rings. The second kappa shape index (κ2) is 3.96. The maximum Gasteiger partial charge on any atom is 0.151 e. The summed E-state index contributed by atoms with van der Waals surface area (Å²) < 4.78 is 23.8. The fraction of sp³-hybridized carbons (Fsp3) is 0.364. The van der Waals surface area contributed by atoms with Gasteiger partial charge in [-0.15, -0.1) is 0 Å². The summed E-state index contributed by atoms with van der Waals surface area (Å²) in [5.41, 5.74) is 0.913. The van der Waals surface area contributed by atoms with Gasteiger partial charge in [0.2, 0.25) is 0 Å². The van der Waals surface area contributed by atoms with Crippen LogP contribution in [0.5, 0.6) is 0 Å². The molecule has 86 valence electrons. The summed E-state index contributed by atoms with van der Waals surface area (Å²) in [5, 5.41) is -0.536. The Morgan fingerprint density at radius 1 is 1.25 bits per heavy atom. The Balaban J connectivity index is 2.30. The Morgan fingerprint density at radius 2 is 1.81 bits per heavy atom. The molecule has 0 aromatic heterocycles. The summed E-state index contributed by atoms with van der Waals surface area (Å²) in [5.74, 6) is -0.545. The molecule has 16 heavy (non-hydrogen) atoms. The lowest BCUT2D eigenvalue weighted by Gasteiger charge is -1.99. The van der Waals surface area contributed by atoms with Crippen LogP contribution < -0.4 is 0 Å². The van der Waals surface area contributed by atoms with Gasteiger partial charge >= 0.3 is 0 Å². The predicted octanol–water partition coefficient (Wildman–Crippen LogP) is 1.77. The summed E-state index contributed by atoms with van der Waals surface area (Å²) in [4.78, 5) is 10.8. The second-order valence-electron chi connectivity index (χ2n) is 4.08. The molecular formula is C11H11BrO3S. The minimum absolute atomic E-state index is 0.166. The van der Waals surface area contributed by atoms with Crippen molar-refractivity contribution in [2.24, 2.45) is 5.92 Å². The Bertz CT molecular complexity index is 507. The minimum Gasteiger partial charge on any atom is -0.303 e. The van der Waals surface area contributed by atoms with Gasteiger partial charge < -0.3 is 4.79 Å². The van der Waals surface area contributed by atoms with Gasteiger partial charge in [0.25, 0.3) is 0 Å². The largest absolute Gasteiger partial charge is 0.303 e. The SMILES string of the molecule is CS(=O)(=O)[C@@H]1[C@H](C=O)[C@@H]1c1ccc(Br)cc1. The van der Waals surface area contributed by atoms with Crippen LogP contribution in [0.2, 0.25) is 0 Å². The van der Waals surface area contributed by atoms with E-state index >= 15 is 0 Å². The van der Waals surface area contributed by atoms with Gasteiger partial charge in [-0.25, -0.2) is 8.42 Å². The molecule has 0 aliphatic heterocycles. The lowest BCUT2D eigenvalue weighted by molar-refractivity contribution is -0.108. The molecular weight excluding hydrogens is 292 g/mol. The number of halogens is 1. The zero-order chi connectivity index (χ0) is 11.9. The molecule has 1 aromatic rings. The van der Waals surface area contributed by atoms with E-state index in [4.69, 9.17) is 0 Å². The Labute approximate surface area is 103 Å². The van der Waals surface area contributed by atoms with Gasteiger partial charge in [0, 0.05) is 22.6 Å². The van der Waals surface area contributed by atoms with Crippen LogP contribution in [0.3, 0.4) is 0 Å². The lowest BCUT2D eigenvalue weighted by Crippen LogP contribution is -2.07. The smallest absolute Gasteiger partial charge is 0.151 e. The average Bonchev–Trinajstić information content (AvgIpc) is 2.92. The normalized spacial score (nSPS) is 28.8. The van der Waals surface area contributed by atoms with E-state index in [1.54, 1.807) is 0 Å². The first-order valence-electron chi connectivity index (χ1n) is 4.85. The molecule has 0 heterocycles. The molecule has 1 fully saturated rings. The summed E-state index contributed by atoms with van der Waals surface area (Å²) in [7, 11) is -3.14. The summed E-state index contributed by atoms with van der Waals surface area (Å²) in [6.07, 6.45) is 1.94. The molecule has 1 aromatic carbocycles. The molecule has 1 saturated carbocycles. The van der Waals surface area contributed by atoms with E-state index in [0.29, 0.717) is 0 Å². The van der Waals surface area contributed by atoms with E-state index in [-0.39, 0.29) is 11.8 Å². The first-order valence-corrected chi connectivity index (χ1v) is 7.59. The van der Waals surface area contributed by atoms with Crippen LogP contribution in [0, 0.1) is 5.92 Å². The van der Waals surface area contributed by atoms with Crippen molar-refractivity contribution in [1.82, 2.24) is 0 Å². The highest BCUT2D eigenvalue weighted by atomic mass is 79.9. The Morgan fingerprint density at radius 3 is 2.19 bits per heavy atom. The maximum absolute atomic E-state index is 11.4. The number of carbonyl (C=O) groups excluding carboxylic acids is 1. The molecule has 0 unspecified atom stereocenters. The molecule has 0 bridgehead atoms. The van der Waals surface area contributed by atoms with E-state index in [2.05, 4.69) is 15.9 Å². The number of sulfone groups is 1. The van der Waals surface area contributed by atoms with Crippen molar-refractivity contribution in [2.45, 2.75) is 11.2 Å². The van der Waals surface area contributed by atoms with Crippen LogP contribution >= 0.6 is 15.9 Å². The van der Waals surface area contributed by atoms with Gasteiger partial charge in [-0.2, -0.15) is 0 Å². The quantitative estimate of drug-likeness (QED) is 0.800. The molecule has 0 N–H and O–H groups in total. The minimum atomic E-state index is -3.14. The average molecular weight is 303 g/mol. The van der Waals surface area contributed by atoms with Gasteiger partial charge in [0.15, 0.2) is 9.84 Å². The molecule has 0 saturated heterocycles. The van der Waals surface area contributed by atoms with E-state index in [1.807, 2.05) is 24.3 Å². The molecule has 2 rings (SSSR count). The van der Waals surface area contributed by atoms with E-state index in [9.17, 15) is 13.2 Å². The third-order valence-corrected chi connectivity index (χ3v) is 5.04. The second-order valence-corrected chi connectivity index (χ2v) is 7.20. The van der Waals surface area contributed by atoms with Crippen molar-refractivity contribution in [3.05, 3.63) is 34.3 Å². The predicted molar refractivity (Wildman–Crippen MR) is 65.1 cm³/mol. The first-order chi connectivity index (χ1) is 7.45. The molecule has 5 heteroatoms. The van der Waals surface area contributed by atoms with E-state index < -0.39 is 15.1 Å². The molecule has 1 aliphatic carbocycles. The van der Waals surface area contributed by atoms with Crippen molar-refractivity contribution in [3.8, 4) is 0 Å². The van der Waals surface area contributed by atoms with Crippen molar-refractivity contribution in [3.63, 3.8) is 0 Å². The number of rotatable bonds is 3. The van der Waals surface area contributed by atoms with Crippen molar-refractivity contribution >= 4 is 32.1 Å². The number of hydrogen-bond donors (Lipinski definition) is 0. The van der Waals surface area contributed by atoms with Crippen molar-refractivity contribution in [2.75, 3.05) is 6.26 Å². The van der Waals surface area contributed by atoms with Crippen LogP contribution in [-0.4, -0.2) is 26.2 Å². The van der Waals surface area contributed by atoms with Gasteiger partial charge in [0.05, 0.1) is 5.25 Å². The molecule has 3 nitrogen and oxygen atoms in total. The fourth-order valence-electron chi connectivity index (χ4n) is 2.12. The zero-order valence-corrected chi connectivity index (χ0v) is 11.0. The summed E-state index contributed by atoms with van der Waals surface area (Å²) in [6, 6.07) is 7.43. The maximum atomic E-state index is 11.4. The highest BCUT2D eigenvalue weighted by Crippen LogP contribution is 2.50. The molecule has 0 spiro atoms. The van der Waals surface area contributed by atoms with Crippen LogP contribution in [0.4, 0.5) is 0 Å². The van der Waals surface area contributed by atoms with Crippen LogP contribution in [0.15, 0.2) is 28.7 Å².